The third kappa shape index (κ3) is 7.90. The predicted octanol–water partition coefficient (Wildman–Crippen LogP) is 6.55. The van der Waals surface area contributed by atoms with Crippen LogP contribution in [-0.2, 0) is 10.4 Å². The first-order valence-corrected chi connectivity index (χ1v) is 12.2. The molecule has 0 spiro atoms. The Morgan fingerprint density at radius 1 is 0.710 bits per heavy atom. The molecule has 0 fully saturated rings. The Bertz CT molecular complexity index is 687. The summed E-state index contributed by atoms with van der Waals surface area (Å²) in [4.78, 5) is 13.2. The third-order valence-corrected chi connectivity index (χ3v) is 6.12. The second-order valence-corrected chi connectivity index (χ2v) is 8.65. The molecule has 2 aromatic rings. The molecule has 0 saturated carbocycles. The summed E-state index contributed by atoms with van der Waals surface area (Å²) < 4.78 is 0. The molecule has 1 atom stereocenters. The molecule has 0 aliphatic heterocycles. The molecule has 31 heavy (non-hydrogen) atoms. The van der Waals surface area contributed by atoms with Crippen LogP contribution in [0.4, 0.5) is 0 Å². The molecule has 1 unspecified atom stereocenters. The van der Waals surface area contributed by atoms with Crippen molar-refractivity contribution in [1.82, 2.24) is 0 Å². The largest absolute Gasteiger partial charge is 0.385 e. The summed E-state index contributed by atoms with van der Waals surface area (Å²) in [7, 11) is 0. The van der Waals surface area contributed by atoms with Gasteiger partial charge in [-0.15, -0.1) is 0 Å². The van der Waals surface area contributed by atoms with Crippen LogP contribution in [0.5, 0.6) is 0 Å². The molecule has 0 saturated heterocycles. The number of unbranched alkanes of at least 4 members (excludes halogenated alkanes) is 10. The van der Waals surface area contributed by atoms with Crippen LogP contribution in [0.15, 0.2) is 60.7 Å². The second-order valence-electron chi connectivity index (χ2n) is 8.65. The lowest BCUT2D eigenvalue weighted by molar-refractivity contribution is -0.143. The van der Waals surface area contributed by atoms with Gasteiger partial charge in [-0.2, -0.15) is 0 Å². The Morgan fingerprint density at radius 3 is 1.52 bits per heavy atom. The van der Waals surface area contributed by atoms with Crippen LogP contribution in [-0.4, -0.2) is 22.1 Å². The highest BCUT2D eigenvalue weighted by molar-refractivity contribution is 5.95. The lowest BCUT2D eigenvalue weighted by Gasteiger charge is -2.30. The fourth-order valence-electron chi connectivity index (χ4n) is 4.18. The number of hydrogen-bond donors (Lipinski definition) is 2. The number of rotatable bonds is 16. The van der Waals surface area contributed by atoms with Gasteiger partial charge >= 0.3 is 0 Å². The molecule has 0 bridgehead atoms. The molecule has 3 heteroatoms. The number of Topliss-reactive ketones (excluding diaryl/α,β-unsaturated/α-hetero) is 1. The number of aliphatic hydroxyl groups excluding tert-OH is 1. The van der Waals surface area contributed by atoms with Gasteiger partial charge < -0.3 is 10.2 Å². The first-order chi connectivity index (χ1) is 15.1. The summed E-state index contributed by atoms with van der Waals surface area (Å²) in [5, 5.41) is 22.1. The molecule has 0 aromatic heterocycles. The van der Waals surface area contributed by atoms with Crippen molar-refractivity contribution in [3.8, 4) is 0 Å². The monoisotopic (exact) mass is 424 g/mol. The lowest BCUT2D eigenvalue weighted by Crippen LogP contribution is -2.43. The van der Waals surface area contributed by atoms with Crippen LogP contribution in [0.25, 0.3) is 0 Å². The lowest BCUT2D eigenvalue weighted by atomic mass is 9.80. The Labute approximate surface area is 188 Å². The number of carbonyl (C=O) groups excluding carboxylic acids is 1. The van der Waals surface area contributed by atoms with E-state index in [4.69, 9.17) is 0 Å². The average molecular weight is 425 g/mol. The zero-order chi connectivity index (χ0) is 22.4. The molecule has 3 nitrogen and oxygen atoms in total. The summed E-state index contributed by atoms with van der Waals surface area (Å²) in [5.74, 6) is -0.544. The van der Waals surface area contributed by atoms with E-state index in [0.29, 0.717) is 17.5 Å². The number of benzene rings is 2. The Balaban J connectivity index is 1.80. The smallest absolute Gasteiger partial charge is 0.201 e. The molecule has 2 N–H and O–H groups in total. The zero-order valence-corrected chi connectivity index (χ0v) is 19.1. The van der Waals surface area contributed by atoms with Crippen molar-refractivity contribution >= 4 is 5.78 Å². The first kappa shape index (κ1) is 25.3. The van der Waals surface area contributed by atoms with Crippen molar-refractivity contribution in [3.05, 3.63) is 71.8 Å². The maximum absolute atomic E-state index is 13.2. The Morgan fingerprint density at radius 2 is 1.10 bits per heavy atom. The normalized spacial score (nSPS) is 12.6. The fraction of sp³-hybridized carbons (Fsp3) is 0.536. The van der Waals surface area contributed by atoms with Gasteiger partial charge in [0.15, 0.2) is 5.60 Å². The highest BCUT2D eigenvalue weighted by atomic mass is 16.3. The van der Waals surface area contributed by atoms with Crippen molar-refractivity contribution in [3.63, 3.8) is 0 Å². The van der Waals surface area contributed by atoms with Crippen LogP contribution in [0.3, 0.4) is 0 Å². The van der Waals surface area contributed by atoms with E-state index in [-0.39, 0.29) is 0 Å². The quantitative estimate of drug-likeness (QED) is 0.300. The maximum atomic E-state index is 13.2. The molecule has 0 aliphatic rings. The number of hydrogen-bond acceptors (Lipinski definition) is 3. The molecule has 2 aromatic carbocycles. The van der Waals surface area contributed by atoms with Crippen molar-refractivity contribution in [2.24, 2.45) is 0 Å². The third-order valence-electron chi connectivity index (χ3n) is 6.12. The van der Waals surface area contributed by atoms with Crippen LogP contribution in [0, 0.1) is 0 Å². The Hall–Kier alpha value is -1.97. The van der Waals surface area contributed by atoms with E-state index in [1.807, 2.05) is 12.1 Å². The highest BCUT2D eigenvalue weighted by Gasteiger charge is 2.42. The van der Waals surface area contributed by atoms with E-state index in [0.717, 1.165) is 19.3 Å². The van der Waals surface area contributed by atoms with Gasteiger partial charge in [0, 0.05) is 0 Å². The van der Waals surface area contributed by atoms with E-state index in [1.54, 1.807) is 48.5 Å². The van der Waals surface area contributed by atoms with Crippen LogP contribution < -0.4 is 0 Å². The number of carbonyl (C=O) groups is 1. The predicted molar refractivity (Wildman–Crippen MR) is 128 cm³/mol. The first-order valence-electron chi connectivity index (χ1n) is 12.2. The summed E-state index contributed by atoms with van der Waals surface area (Å²) >= 11 is 0. The molecule has 0 radical (unpaired) electrons. The maximum Gasteiger partial charge on any atom is 0.201 e. The van der Waals surface area contributed by atoms with Crippen LogP contribution in [0.1, 0.15) is 95.1 Å². The van der Waals surface area contributed by atoms with E-state index in [9.17, 15) is 15.0 Å². The van der Waals surface area contributed by atoms with E-state index >= 15 is 0 Å². The zero-order valence-electron chi connectivity index (χ0n) is 19.1. The number of ketones is 1. The molecule has 0 heterocycles. The van der Waals surface area contributed by atoms with Gasteiger partial charge in [-0.05, 0) is 17.5 Å². The van der Waals surface area contributed by atoms with Crippen LogP contribution >= 0.6 is 0 Å². The van der Waals surface area contributed by atoms with Crippen molar-refractivity contribution < 1.29 is 15.0 Å². The second kappa shape index (κ2) is 14.2. The Kier molecular flexibility index (Phi) is 11.6. The fourth-order valence-corrected chi connectivity index (χ4v) is 4.18. The summed E-state index contributed by atoms with van der Waals surface area (Å²) in [6.07, 6.45) is 12.7. The number of aliphatic hydroxyl groups is 2. The molecule has 0 aliphatic carbocycles. The molecule has 2 rings (SSSR count). The summed E-state index contributed by atoms with van der Waals surface area (Å²) in [6, 6.07) is 17.8. The van der Waals surface area contributed by atoms with Gasteiger partial charge in [0.05, 0.1) is 0 Å². The van der Waals surface area contributed by atoms with Crippen molar-refractivity contribution in [1.29, 1.82) is 0 Å². The summed E-state index contributed by atoms with van der Waals surface area (Å²) in [5.41, 5.74) is -0.854. The summed E-state index contributed by atoms with van der Waals surface area (Å²) in [6.45, 7) is 2.24. The minimum atomic E-state index is -1.83. The van der Waals surface area contributed by atoms with Gasteiger partial charge in [0.1, 0.15) is 6.10 Å². The van der Waals surface area contributed by atoms with Gasteiger partial charge in [-0.3, -0.25) is 4.79 Å². The topological polar surface area (TPSA) is 57.5 Å². The molecule has 170 valence electrons. The average Bonchev–Trinajstić information content (AvgIpc) is 2.82. The highest BCUT2D eigenvalue weighted by Crippen LogP contribution is 2.32. The minimum absolute atomic E-state index is 0.387. The van der Waals surface area contributed by atoms with Gasteiger partial charge in [-0.1, -0.05) is 138 Å². The van der Waals surface area contributed by atoms with E-state index in [1.165, 1.54) is 51.4 Å². The van der Waals surface area contributed by atoms with Gasteiger partial charge in [0.2, 0.25) is 5.78 Å². The molecule has 0 amide bonds. The SMILES string of the molecule is CCCCCCCCCCCCCC(O)C(=O)C(O)(c1ccccc1)c1ccccc1. The van der Waals surface area contributed by atoms with Crippen LogP contribution in [0.2, 0.25) is 0 Å². The van der Waals surface area contributed by atoms with Gasteiger partial charge in [0.25, 0.3) is 0 Å². The van der Waals surface area contributed by atoms with Crippen molar-refractivity contribution in [2.45, 2.75) is 95.7 Å². The minimum Gasteiger partial charge on any atom is -0.385 e. The van der Waals surface area contributed by atoms with E-state index < -0.39 is 17.5 Å². The molecular formula is C28H40O3. The van der Waals surface area contributed by atoms with E-state index in [2.05, 4.69) is 6.92 Å². The molecular weight excluding hydrogens is 384 g/mol. The standard InChI is InChI=1S/C28H40O3/c1-2-3-4-5-6-7-8-9-10-11-18-23-26(29)27(30)28(31,24-19-14-12-15-20-24)25-21-16-13-17-22-25/h12-17,19-22,26,29,31H,2-11,18,23H2,1H3. The van der Waals surface area contributed by atoms with Crippen molar-refractivity contribution in [2.75, 3.05) is 0 Å². The van der Waals surface area contributed by atoms with Gasteiger partial charge in [-0.25, -0.2) is 0 Å².